The van der Waals surface area contributed by atoms with E-state index in [9.17, 15) is 4.79 Å². The fourth-order valence-corrected chi connectivity index (χ4v) is 4.97. The van der Waals surface area contributed by atoms with Gasteiger partial charge in [-0.1, -0.05) is 125 Å². The number of carbonyl (C=O) groups excluding carboxylic acids is 1. The summed E-state index contributed by atoms with van der Waals surface area (Å²) in [4.78, 5) is 20.4. The van der Waals surface area contributed by atoms with Crippen LogP contribution in [0.1, 0.15) is 155 Å². The number of allylic oxidation sites excluding steroid dienone is 12. The third-order valence-electron chi connectivity index (χ3n) is 7.81. The molecule has 0 heterocycles. The maximum absolute atomic E-state index is 12.5. The van der Waals surface area contributed by atoms with Crippen LogP contribution in [-0.4, -0.2) is 49.7 Å². The Morgan fingerprint density at radius 1 is 0.457 bits per heavy atom. The largest absolute Gasteiger partial charge is 0.368 e. The van der Waals surface area contributed by atoms with Gasteiger partial charge in [-0.05, 0) is 117 Å². The van der Waals surface area contributed by atoms with E-state index in [-0.39, 0.29) is 5.97 Å². The lowest BCUT2D eigenvalue weighted by Crippen LogP contribution is -2.30. The van der Waals surface area contributed by atoms with Gasteiger partial charge in [-0.2, -0.15) is 0 Å². The molecule has 4 nitrogen and oxygen atoms in total. The highest BCUT2D eigenvalue weighted by atomic mass is 16.7. The van der Waals surface area contributed by atoms with Crippen molar-refractivity contribution in [1.82, 2.24) is 9.96 Å². The van der Waals surface area contributed by atoms with E-state index in [4.69, 9.17) is 4.84 Å². The fraction of sp³-hybridized carbons (Fsp3) is 0.690. The quantitative estimate of drug-likeness (QED) is 0.0407. The van der Waals surface area contributed by atoms with Gasteiger partial charge in [-0.3, -0.25) is 4.79 Å². The molecule has 0 bridgehead atoms. The summed E-state index contributed by atoms with van der Waals surface area (Å²) in [6.07, 6.45) is 52.3. The number of hydroxylamine groups is 2. The Kier molecular flexibility index (Phi) is 35.5. The van der Waals surface area contributed by atoms with Crippen LogP contribution in [0.15, 0.2) is 72.9 Å². The smallest absolute Gasteiger partial charge is 0.325 e. The van der Waals surface area contributed by atoms with Crippen LogP contribution in [-0.2, 0) is 9.63 Å². The standard InChI is InChI=1S/C42H74N2O2/c1-5-7-9-11-13-15-17-19-21-23-25-27-29-31-33-35-40-44(46-42(45)38-37-39-43(3)4)41-36-34-32-30-28-26-24-22-20-18-16-14-12-10-8-6-2/h13-16,19-22,25-28H,5-12,17-18,23-24,29-41H2,1-4H3/b15-13-,16-14-,21-19-,22-20-,27-25-,28-26-. The van der Waals surface area contributed by atoms with Gasteiger partial charge >= 0.3 is 5.97 Å². The Hall–Kier alpha value is -2.17. The maximum Gasteiger partial charge on any atom is 0.325 e. The van der Waals surface area contributed by atoms with E-state index in [1.807, 2.05) is 19.2 Å². The van der Waals surface area contributed by atoms with Crippen LogP contribution < -0.4 is 0 Å². The minimum atomic E-state index is -0.0900. The van der Waals surface area contributed by atoms with E-state index in [0.29, 0.717) is 6.42 Å². The zero-order chi connectivity index (χ0) is 33.6. The molecule has 0 radical (unpaired) electrons. The molecule has 0 saturated carbocycles. The molecule has 0 aromatic heterocycles. The van der Waals surface area contributed by atoms with Gasteiger partial charge in [0.15, 0.2) is 0 Å². The van der Waals surface area contributed by atoms with Crippen molar-refractivity contribution in [2.45, 2.75) is 155 Å². The zero-order valence-electron chi connectivity index (χ0n) is 30.8. The van der Waals surface area contributed by atoms with Crippen molar-refractivity contribution >= 4 is 5.97 Å². The van der Waals surface area contributed by atoms with Gasteiger partial charge in [0.25, 0.3) is 0 Å². The number of unbranched alkanes of at least 4 members (excludes halogenated alkanes) is 12. The summed E-state index contributed by atoms with van der Waals surface area (Å²) < 4.78 is 0. The number of hydrogen-bond acceptors (Lipinski definition) is 4. The van der Waals surface area contributed by atoms with E-state index < -0.39 is 0 Å². The molecule has 0 saturated heterocycles. The van der Waals surface area contributed by atoms with Gasteiger partial charge in [0.2, 0.25) is 0 Å². The summed E-state index contributed by atoms with van der Waals surface area (Å²) in [6, 6.07) is 0. The Bertz CT molecular complexity index is 768. The number of nitrogens with zero attached hydrogens (tertiary/aromatic N) is 2. The van der Waals surface area contributed by atoms with Crippen LogP contribution >= 0.6 is 0 Å². The Morgan fingerprint density at radius 3 is 1.20 bits per heavy atom. The minimum Gasteiger partial charge on any atom is -0.368 e. The molecule has 46 heavy (non-hydrogen) atoms. The van der Waals surface area contributed by atoms with Crippen molar-refractivity contribution in [3.05, 3.63) is 72.9 Å². The predicted octanol–water partition coefficient (Wildman–Crippen LogP) is 12.3. The predicted molar refractivity (Wildman–Crippen MR) is 204 cm³/mol. The van der Waals surface area contributed by atoms with Crippen molar-refractivity contribution in [3.8, 4) is 0 Å². The van der Waals surface area contributed by atoms with Crippen LogP contribution in [0.4, 0.5) is 0 Å². The average Bonchev–Trinajstić information content (AvgIpc) is 3.04. The summed E-state index contributed by atoms with van der Waals surface area (Å²) in [6.45, 7) is 7.08. The van der Waals surface area contributed by atoms with E-state index >= 15 is 0 Å². The Balaban J connectivity index is 4.15. The van der Waals surface area contributed by atoms with Crippen LogP contribution in [0, 0.1) is 0 Å². The summed E-state index contributed by atoms with van der Waals surface area (Å²) in [5, 5.41) is 1.94. The van der Waals surface area contributed by atoms with Gasteiger partial charge in [0.1, 0.15) is 0 Å². The number of hydrogen-bond donors (Lipinski definition) is 0. The van der Waals surface area contributed by atoms with Crippen LogP contribution in [0.5, 0.6) is 0 Å². The molecule has 0 spiro atoms. The average molecular weight is 639 g/mol. The summed E-state index contributed by atoms with van der Waals surface area (Å²) in [5.41, 5.74) is 0. The minimum absolute atomic E-state index is 0.0900. The molecule has 0 aromatic carbocycles. The lowest BCUT2D eigenvalue weighted by molar-refractivity contribution is -0.191. The molecule has 0 N–H and O–H groups in total. The summed E-state index contributed by atoms with van der Waals surface area (Å²) in [5.74, 6) is -0.0900. The highest BCUT2D eigenvalue weighted by Gasteiger charge is 2.11. The van der Waals surface area contributed by atoms with Crippen LogP contribution in [0.2, 0.25) is 0 Å². The molecule has 0 rings (SSSR count). The molecule has 0 aliphatic heterocycles. The first kappa shape index (κ1) is 43.8. The van der Waals surface area contributed by atoms with Gasteiger partial charge in [0, 0.05) is 19.5 Å². The van der Waals surface area contributed by atoms with Gasteiger partial charge in [-0.15, -0.1) is 5.06 Å². The Labute approximate surface area is 286 Å². The third kappa shape index (κ3) is 36.3. The molecule has 0 aliphatic carbocycles. The van der Waals surface area contributed by atoms with Gasteiger partial charge in [-0.25, -0.2) is 0 Å². The molecule has 4 heteroatoms. The van der Waals surface area contributed by atoms with Crippen molar-refractivity contribution in [1.29, 1.82) is 0 Å². The highest BCUT2D eigenvalue weighted by Crippen LogP contribution is 2.09. The Morgan fingerprint density at radius 2 is 0.826 bits per heavy atom. The third-order valence-corrected chi connectivity index (χ3v) is 7.81. The van der Waals surface area contributed by atoms with Crippen molar-refractivity contribution in [2.75, 3.05) is 33.7 Å². The molecule has 0 unspecified atom stereocenters. The first-order valence-electron chi connectivity index (χ1n) is 19.1. The molecular weight excluding hydrogens is 564 g/mol. The lowest BCUT2D eigenvalue weighted by atomic mass is 10.1. The van der Waals surface area contributed by atoms with Gasteiger partial charge < -0.3 is 9.74 Å². The van der Waals surface area contributed by atoms with Gasteiger partial charge in [0.05, 0.1) is 0 Å². The van der Waals surface area contributed by atoms with Crippen molar-refractivity contribution in [3.63, 3.8) is 0 Å². The second-order valence-electron chi connectivity index (χ2n) is 12.8. The molecule has 0 fully saturated rings. The summed E-state index contributed by atoms with van der Waals surface area (Å²) >= 11 is 0. The van der Waals surface area contributed by atoms with E-state index in [1.165, 1.54) is 64.2 Å². The van der Waals surface area contributed by atoms with Crippen LogP contribution in [0.25, 0.3) is 0 Å². The monoisotopic (exact) mass is 639 g/mol. The maximum atomic E-state index is 12.5. The second-order valence-corrected chi connectivity index (χ2v) is 12.8. The number of rotatable bonds is 33. The van der Waals surface area contributed by atoms with Crippen molar-refractivity contribution in [2.24, 2.45) is 0 Å². The summed E-state index contributed by atoms with van der Waals surface area (Å²) in [7, 11) is 4.08. The fourth-order valence-electron chi connectivity index (χ4n) is 4.97. The lowest BCUT2D eigenvalue weighted by Gasteiger charge is -2.21. The second kappa shape index (κ2) is 37.3. The normalized spacial score (nSPS) is 12.7. The topological polar surface area (TPSA) is 32.8 Å². The molecule has 0 aliphatic rings. The number of carbonyl (C=O) groups is 1. The van der Waals surface area contributed by atoms with Crippen molar-refractivity contribution < 1.29 is 9.63 Å². The molecule has 0 amide bonds. The van der Waals surface area contributed by atoms with Crippen LogP contribution in [0.3, 0.4) is 0 Å². The highest BCUT2D eigenvalue weighted by molar-refractivity contribution is 5.68. The molecule has 0 atom stereocenters. The molecule has 0 aromatic rings. The SMILES string of the molecule is CCCCC/C=C\C/C=C\C/C=C\CCCCCN(CCCCC/C=C\C/C=C\C/C=C\CCCCC)OC(=O)CCCN(C)C. The first-order valence-corrected chi connectivity index (χ1v) is 19.1. The first-order chi connectivity index (χ1) is 22.6. The zero-order valence-corrected chi connectivity index (χ0v) is 30.8. The van der Waals surface area contributed by atoms with E-state index in [1.54, 1.807) is 0 Å². The molecule has 264 valence electrons. The van der Waals surface area contributed by atoms with E-state index in [2.05, 4.69) is 91.7 Å². The van der Waals surface area contributed by atoms with E-state index in [0.717, 1.165) is 90.3 Å². The molecular formula is C42H74N2O2.